The molecular weight excluding hydrogens is 176 g/mol. The lowest BCUT2D eigenvalue weighted by atomic mass is 10.0. The molecule has 0 spiro atoms. The molecule has 0 aliphatic rings. The Morgan fingerprint density at radius 2 is 2.00 bits per heavy atom. The van der Waals surface area contributed by atoms with Gasteiger partial charge in [0.2, 0.25) is 0 Å². The second kappa shape index (κ2) is 5.43. The molecule has 0 saturated carbocycles. The summed E-state index contributed by atoms with van der Waals surface area (Å²) in [5.41, 5.74) is 2.25. The first-order chi connectivity index (χ1) is 6.77. The van der Waals surface area contributed by atoms with E-state index in [1.54, 1.807) is 0 Å². The molecule has 1 aromatic carbocycles. The van der Waals surface area contributed by atoms with Gasteiger partial charge in [-0.15, -0.1) is 0 Å². The van der Waals surface area contributed by atoms with E-state index in [9.17, 15) is 4.79 Å². The Labute approximate surface area is 84.9 Å². The maximum Gasteiger partial charge on any atom is 0.418 e. The van der Waals surface area contributed by atoms with Crippen LogP contribution in [0.25, 0.3) is 0 Å². The number of benzene rings is 1. The molecule has 14 heavy (non-hydrogen) atoms. The molecule has 0 aromatic heterocycles. The van der Waals surface area contributed by atoms with Gasteiger partial charge in [0.05, 0.1) is 0 Å². The highest BCUT2D eigenvalue weighted by atomic mass is 16.5. The molecule has 0 heterocycles. The third-order valence-corrected chi connectivity index (χ3v) is 2.19. The third-order valence-electron chi connectivity index (χ3n) is 2.19. The molecule has 1 aromatic rings. The van der Waals surface area contributed by atoms with Crippen LogP contribution in [-0.4, -0.2) is 6.47 Å². The summed E-state index contributed by atoms with van der Waals surface area (Å²) < 4.78 is 4.90. The number of carbonyl (C=O) groups excluding carboxylic acids is 1. The lowest BCUT2D eigenvalue weighted by molar-refractivity contribution is 0.168. The minimum absolute atomic E-state index is 0.141. The van der Waals surface area contributed by atoms with Crippen LogP contribution in [0.1, 0.15) is 37.0 Å². The maximum atomic E-state index is 10.2. The second-order valence-corrected chi connectivity index (χ2v) is 3.39. The zero-order valence-electron chi connectivity index (χ0n) is 8.62. The summed E-state index contributed by atoms with van der Waals surface area (Å²) >= 11 is 0. The van der Waals surface area contributed by atoms with Gasteiger partial charge < -0.3 is 4.74 Å². The molecule has 0 amide bonds. The van der Waals surface area contributed by atoms with Crippen molar-refractivity contribution in [2.45, 2.75) is 32.8 Å². The van der Waals surface area contributed by atoms with E-state index >= 15 is 0 Å². The molecule has 2 heteroatoms. The largest absolute Gasteiger partial charge is 0.449 e. The van der Waals surface area contributed by atoms with Crippen molar-refractivity contribution >= 4 is 6.47 Å². The van der Waals surface area contributed by atoms with Gasteiger partial charge in [-0.05, 0) is 18.9 Å². The summed E-state index contributed by atoms with van der Waals surface area (Å²) in [6, 6.07) is 8.03. The fourth-order valence-corrected chi connectivity index (χ4v) is 1.40. The monoisotopic (exact) mass is 191 g/mol. The smallest absolute Gasteiger partial charge is 0.418 e. The molecular formula is C12H15O2. The van der Waals surface area contributed by atoms with Crippen LogP contribution in [0.4, 0.5) is 0 Å². The van der Waals surface area contributed by atoms with Crippen LogP contribution in [-0.2, 0) is 9.53 Å². The van der Waals surface area contributed by atoms with Crippen LogP contribution in [0.15, 0.2) is 24.3 Å². The van der Waals surface area contributed by atoms with Gasteiger partial charge in [-0.25, -0.2) is 4.79 Å². The summed E-state index contributed by atoms with van der Waals surface area (Å²) in [7, 11) is 0. The Bertz CT molecular complexity index is 277. The molecule has 0 bridgehead atoms. The number of ether oxygens (including phenoxy) is 1. The van der Waals surface area contributed by atoms with Gasteiger partial charge >= 0.3 is 6.47 Å². The molecule has 0 N–H and O–H groups in total. The average molecular weight is 191 g/mol. The van der Waals surface area contributed by atoms with Crippen LogP contribution in [0.5, 0.6) is 0 Å². The number of aryl methyl sites for hydroxylation is 1. The third kappa shape index (κ3) is 2.87. The fourth-order valence-electron chi connectivity index (χ4n) is 1.40. The minimum Gasteiger partial charge on any atom is -0.449 e. The van der Waals surface area contributed by atoms with Gasteiger partial charge in [0.25, 0.3) is 0 Å². The first-order valence-electron chi connectivity index (χ1n) is 4.87. The standard InChI is InChI=1S/C12H15O2/c1-3-4-12(14-9-13)11-7-5-10(2)6-8-11/h5-8,12H,3-4H2,1-2H3. The van der Waals surface area contributed by atoms with E-state index in [0.717, 1.165) is 18.4 Å². The van der Waals surface area contributed by atoms with Gasteiger partial charge in [-0.3, -0.25) is 0 Å². The normalized spacial score (nSPS) is 12.1. The molecule has 1 atom stereocenters. The van der Waals surface area contributed by atoms with Gasteiger partial charge in [0, 0.05) is 0 Å². The van der Waals surface area contributed by atoms with Crippen molar-refractivity contribution in [2.24, 2.45) is 0 Å². The molecule has 0 saturated heterocycles. The molecule has 1 unspecified atom stereocenters. The first-order valence-corrected chi connectivity index (χ1v) is 4.87. The molecule has 2 nitrogen and oxygen atoms in total. The zero-order valence-corrected chi connectivity index (χ0v) is 8.62. The maximum absolute atomic E-state index is 10.2. The number of rotatable bonds is 5. The van der Waals surface area contributed by atoms with Crippen molar-refractivity contribution in [1.82, 2.24) is 0 Å². The molecule has 0 fully saturated rings. The van der Waals surface area contributed by atoms with Crippen LogP contribution in [0.3, 0.4) is 0 Å². The SMILES string of the molecule is CCCC(O[C]=O)c1ccc(C)cc1. The highest BCUT2D eigenvalue weighted by molar-refractivity contribution is 5.40. The van der Waals surface area contributed by atoms with Crippen molar-refractivity contribution in [2.75, 3.05) is 0 Å². The van der Waals surface area contributed by atoms with Gasteiger partial charge in [-0.1, -0.05) is 43.2 Å². The van der Waals surface area contributed by atoms with Crippen LogP contribution in [0, 0.1) is 6.92 Å². The highest BCUT2D eigenvalue weighted by Gasteiger charge is 2.10. The number of hydrogen-bond acceptors (Lipinski definition) is 2. The van der Waals surface area contributed by atoms with Gasteiger partial charge in [0.1, 0.15) is 6.10 Å². The topological polar surface area (TPSA) is 26.3 Å². The van der Waals surface area contributed by atoms with Crippen molar-refractivity contribution < 1.29 is 9.53 Å². The highest BCUT2D eigenvalue weighted by Crippen LogP contribution is 2.21. The lowest BCUT2D eigenvalue weighted by Gasteiger charge is -2.13. The predicted molar refractivity (Wildman–Crippen MR) is 55.6 cm³/mol. The second-order valence-electron chi connectivity index (χ2n) is 3.39. The van der Waals surface area contributed by atoms with Crippen LogP contribution < -0.4 is 0 Å². The summed E-state index contributed by atoms with van der Waals surface area (Å²) in [5, 5.41) is 0. The van der Waals surface area contributed by atoms with Crippen molar-refractivity contribution in [3.05, 3.63) is 35.4 Å². The molecule has 0 aliphatic carbocycles. The Balaban J connectivity index is 2.76. The van der Waals surface area contributed by atoms with Crippen LogP contribution in [0.2, 0.25) is 0 Å². The van der Waals surface area contributed by atoms with E-state index in [0.29, 0.717) is 0 Å². The zero-order chi connectivity index (χ0) is 10.4. The average Bonchev–Trinajstić information content (AvgIpc) is 2.19. The number of hydrogen-bond donors (Lipinski definition) is 0. The Hall–Kier alpha value is -1.31. The summed E-state index contributed by atoms with van der Waals surface area (Å²) in [5.74, 6) is 0. The summed E-state index contributed by atoms with van der Waals surface area (Å²) in [6.45, 7) is 5.61. The van der Waals surface area contributed by atoms with E-state index in [-0.39, 0.29) is 6.10 Å². The van der Waals surface area contributed by atoms with E-state index in [1.807, 2.05) is 31.2 Å². The van der Waals surface area contributed by atoms with E-state index < -0.39 is 0 Å². The van der Waals surface area contributed by atoms with Crippen molar-refractivity contribution in [1.29, 1.82) is 0 Å². The predicted octanol–water partition coefficient (Wildman–Crippen LogP) is 2.92. The van der Waals surface area contributed by atoms with Gasteiger partial charge in [-0.2, -0.15) is 0 Å². The Kier molecular flexibility index (Phi) is 4.17. The van der Waals surface area contributed by atoms with Crippen molar-refractivity contribution in [3.63, 3.8) is 0 Å². The summed E-state index contributed by atoms with van der Waals surface area (Å²) in [4.78, 5) is 10.2. The van der Waals surface area contributed by atoms with E-state index in [4.69, 9.17) is 4.74 Å². The fraction of sp³-hybridized carbons (Fsp3) is 0.417. The van der Waals surface area contributed by atoms with Crippen molar-refractivity contribution in [3.8, 4) is 0 Å². The Morgan fingerprint density at radius 1 is 1.36 bits per heavy atom. The van der Waals surface area contributed by atoms with E-state index in [2.05, 4.69) is 6.92 Å². The minimum atomic E-state index is -0.141. The molecule has 0 aliphatic heterocycles. The molecule has 1 rings (SSSR count). The van der Waals surface area contributed by atoms with Gasteiger partial charge in [0.15, 0.2) is 0 Å². The Morgan fingerprint density at radius 3 is 2.50 bits per heavy atom. The molecule has 75 valence electrons. The lowest BCUT2D eigenvalue weighted by Crippen LogP contribution is -2.02. The molecule has 1 radical (unpaired) electrons. The quantitative estimate of drug-likeness (QED) is 0.715. The van der Waals surface area contributed by atoms with Crippen LogP contribution >= 0.6 is 0 Å². The summed E-state index contributed by atoms with van der Waals surface area (Å²) in [6.07, 6.45) is 1.69. The first kappa shape index (κ1) is 10.8. The van der Waals surface area contributed by atoms with E-state index in [1.165, 1.54) is 12.0 Å².